The van der Waals surface area contributed by atoms with E-state index in [1.54, 1.807) is 16.7 Å². The van der Waals surface area contributed by atoms with Crippen LogP contribution in [0.25, 0.3) is 0 Å². The van der Waals surface area contributed by atoms with Gasteiger partial charge < -0.3 is 4.90 Å². The summed E-state index contributed by atoms with van der Waals surface area (Å²) in [7, 11) is -3.20. The number of aromatic nitrogens is 1. The van der Waals surface area contributed by atoms with Crippen LogP contribution in [0.15, 0.2) is 24.5 Å². The Morgan fingerprint density at radius 2 is 2.08 bits per heavy atom. The van der Waals surface area contributed by atoms with Crippen LogP contribution in [0.1, 0.15) is 37.7 Å². The van der Waals surface area contributed by atoms with Gasteiger partial charge in [0.05, 0.1) is 10.7 Å². The molecular weight excluding hydrogens is 326 g/mol. The van der Waals surface area contributed by atoms with Crippen molar-refractivity contribution >= 4 is 15.9 Å². The summed E-state index contributed by atoms with van der Waals surface area (Å²) in [6, 6.07) is 3.84. The topological polar surface area (TPSA) is 70.6 Å². The van der Waals surface area contributed by atoms with Crippen molar-refractivity contribution in [1.82, 2.24) is 14.2 Å². The molecular formula is C17H23N3O3S. The number of pyridine rings is 1. The molecule has 2 aliphatic heterocycles. The van der Waals surface area contributed by atoms with E-state index in [2.05, 4.69) is 4.98 Å². The van der Waals surface area contributed by atoms with Crippen LogP contribution in [0, 0.1) is 5.41 Å². The zero-order valence-electron chi connectivity index (χ0n) is 13.7. The Morgan fingerprint density at radius 1 is 1.25 bits per heavy atom. The first-order chi connectivity index (χ1) is 11.5. The number of rotatable bonds is 4. The molecule has 24 heavy (non-hydrogen) atoms. The zero-order chi connectivity index (χ0) is 16.8. The number of piperidine rings is 1. The van der Waals surface area contributed by atoms with Crippen LogP contribution < -0.4 is 0 Å². The molecule has 2 saturated heterocycles. The Kier molecular flexibility index (Phi) is 3.88. The molecule has 0 N–H and O–H groups in total. The van der Waals surface area contributed by atoms with Crippen LogP contribution >= 0.6 is 0 Å². The van der Waals surface area contributed by atoms with Gasteiger partial charge in [-0.1, -0.05) is 6.07 Å². The number of likely N-dealkylation sites (tertiary alicyclic amines) is 1. The monoisotopic (exact) mass is 349 g/mol. The molecule has 0 unspecified atom stereocenters. The molecule has 4 rings (SSSR count). The summed E-state index contributed by atoms with van der Waals surface area (Å²) in [6.45, 7) is 2.19. The molecule has 3 fully saturated rings. The van der Waals surface area contributed by atoms with Crippen molar-refractivity contribution in [3.8, 4) is 0 Å². The second kappa shape index (κ2) is 5.81. The molecule has 0 bridgehead atoms. The van der Waals surface area contributed by atoms with E-state index in [0.29, 0.717) is 26.2 Å². The second-order valence-corrected chi connectivity index (χ2v) is 9.51. The largest absolute Gasteiger partial charge is 0.338 e. The van der Waals surface area contributed by atoms with Gasteiger partial charge in [0, 0.05) is 38.6 Å². The predicted octanol–water partition coefficient (Wildman–Crippen LogP) is 1.39. The van der Waals surface area contributed by atoms with Crippen molar-refractivity contribution in [3.05, 3.63) is 30.1 Å². The smallest absolute Gasteiger partial charge is 0.230 e. The fourth-order valence-corrected chi connectivity index (χ4v) is 5.98. The Morgan fingerprint density at radius 3 is 2.79 bits per heavy atom. The molecule has 6 nitrogen and oxygen atoms in total. The molecule has 7 heteroatoms. The molecule has 1 amide bonds. The Balaban J connectivity index is 1.50. The molecule has 1 spiro atoms. The summed E-state index contributed by atoms with van der Waals surface area (Å²) < 4.78 is 26.7. The van der Waals surface area contributed by atoms with Gasteiger partial charge in [0.15, 0.2) is 0 Å². The highest BCUT2D eigenvalue weighted by atomic mass is 32.2. The van der Waals surface area contributed by atoms with Crippen molar-refractivity contribution in [3.63, 3.8) is 0 Å². The lowest BCUT2D eigenvalue weighted by Gasteiger charge is -2.38. The molecule has 1 saturated carbocycles. The van der Waals surface area contributed by atoms with Gasteiger partial charge in [0.25, 0.3) is 0 Å². The number of amides is 1. The van der Waals surface area contributed by atoms with Crippen LogP contribution in [0.3, 0.4) is 0 Å². The molecule has 0 aromatic carbocycles. The van der Waals surface area contributed by atoms with Crippen LogP contribution in [0.4, 0.5) is 0 Å². The summed E-state index contributed by atoms with van der Waals surface area (Å²) in [5.41, 5.74) is 0.503. The second-order valence-electron chi connectivity index (χ2n) is 7.30. The van der Waals surface area contributed by atoms with E-state index in [4.69, 9.17) is 0 Å². The number of hydrogen-bond acceptors (Lipinski definition) is 4. The van der Waals surface area contributed by atoms with E-state index < -0.39 is 15.4 Å². The maximum absolute atomic E-state index is 13.0. The van der Waals surface area contributed by atoms with E-state index in [1.807, 2.05) is 17.0 Å². The van der Waals surface area contributed by atoms with E-state index in [1.165, 1.54) is 0 Å². The first-order valence-corrected chi connectivity index (χ1v) is 10.2. The maximum atomic E-state index is 13.0. The van der Waals surface area contributed by atoms with Crippen molar-refractivity contribution in [1.29, 1.82) is 0 Å². The lowest BCUT2D eigenvalue weighted by atomic mass is 9.79. The Labute approximate surface area is 142 Å². The zero-order valence-corrected chi connectivity index (χ0v) is 14.5. The maximum Gasteiger partial charge on any atom is 0.230 e. The lowest BCUT2D eigenvalue weighted by molar-refractivity contribution is -0.138. The third-order valence-electron chi connectivity index (χ3n) is 5.54. The number of sulfonamides is 1. The molecule has 3 heterocycles. The molecule has 130 valence electrons. The highest BCUT2D eigenvalue weighted by Gasteiger charge is 2.52. The van der Waals surface area contributed by atoms with Gasteiger partial charge in [0.2, 0.25) is 15.9 Å². The predicted molar refractivity (Wildman–Crippen MR) is 89.5 cm³/mol. The highest BCUT2D eigenvalue weighted by Crippen LogP contribution is 2.43. The average Bonchev–Trinajstić information content (AvgIpc) is 3.41. The number of hydrogen-bond donors (Lipinski definition) is 0. The Bertz CT molecular complexity index is 733. The van der Waals surface area contributed by atoms with Crippen LogP contribution in [0.5, 0.6) is 0 Å². The van der Waals surface area contributed by atoms with E-state index in [-0.39, 0.29) is 11.2 Å². The fourth-order valence-electron chi connectivity index (χ4n) is 4.02. The van der Waals surface area contributed by atoms with E-state index in [0.717, 1.165) is 37.7 Å². The molecule has 1 aromatic rings. The van der Waals surface area contributed by atoms with E-state index in [9.17, 15) is 13.2 Å². The van der Waals surface area contributed by atoms with Gasteiger partial charge in [-0.3, -0.25) is 9.78 Å². The van der Waals surface area contributed by atoms with Crippen molar-refractivity contribution < 1.29 is 13.2 Å². The molecule has 1 atom stereocenters. The molecule has 3 aliphatic rings. The fraction of sp³-hybridized carbons (Fsp3) is 0.647. The van der Waals surface area contributed by atoms with Crippen molar-refractivity contribution in [2.24, 2.45) is 5.41 Å². The average molecular weight is 349 g/mol. The van der Waals surface area contributed by atoms with Crippen LogP contribution in [0.2, 0.25) is 0 Å². The minimum absolute atomic E-state index is 0.113. The molecule has 1 aliphatic carbocycles. The van der Waals surface area contributed by atoms with Gasteiger partial charge in [-0.15, -0.1) is 0 Å². The highest BCUT2D eigenvalue weighted by molar-refractivity contribution is 7.90. The van der Waals surface area contributed by atoms with Gasteiger partial charge in [-0.05, 0) is 43.7 Å². The first-order valence-electron chi connectivity index (χ1n) is 8.69. The van der Waals surface area contributed by atoms with Gasteiger partial charge >= 0.3 is 0 Å². The lowest BCUT2D eigenvalue weighted by Crippen LogP contribution is -2.50. The summed E-state index contributed by atoms with van der Waals surface area (Å²) in [5.74, 6) is 0.113. The summed E-state index contributed by atoms with van der Waals surface area (Å²) >= 11 is 0. The minimum atomic E-state index is -3.20. The standard InChI is InChI=1S/C17H23N3O3S/c21-16-17(7-10-19(16)12-14-3-1-8-18-11-14)6-2-9-20(13-17)24(22,23)15-4-5-15/h1,3,8,11,15H,2,4-7,9-10,12-13H2/t17-/m1/s1. The van der Waals surface area contributed by atoms with E-state index >= 15 is 0 Å². The number of carbonyl (C=O) groups is 1. The quantitative estimate of drug-likeness (QED) is 0.824. The normalized spacial score (nSPS) is 28.7. The third-order valence-corrected chi connectivity index (χ3v) is 7.89. The Hall–Kier alpha value is -1.47. The van der Waals surface area contributed by atoms with Crippen molar-refractivity contribution in [2.45, 2.75) is 43.9 Å². The number of nitrogens with zero attached hydrogens (tertiary/aromatic N) is 3. The van der Waals surface area contributed by atoms with Crippen molar-refractivity contribution in [2.75, 3.05) is 19.6 Å². The summed E-state index contributed by atoms with van der Waals surface area (Å²) in [6.07, 6.45) is 7.37. The summed E-state index contributed by atoms with van der Waals surface area (Å²) in [4.78, 5) is 19.0. The first kappa shape index (κ1) is 16.0. The van der Waals surface area contributed by atoms with Gasteiger partial charge in [-0.2, -0.15) is 0 Å². The third kappa shape index (κ3) is 2.73. The van der Waals surface area contributed by atoms with Crippen LogP contribution in [-0.4, -0.2) is 53.4 Å². The molecule has 0 radical (unpaired) electrons. The van der Waals surface area contributed by atoms with Crippen LogP contribution in [-0.2, 0) is 21.4 Å². The summed E-state index contributed by atoms with van der Waals surface area (Å²) in [5, 5.41) is -0.198. The minimum Gasteiger partial charge on any atom is -0.338 e. The number of carbonyl (C=O) groups excluding carboxylic acids is 1. The molecule has 1 aromatic heterocycles. The van der Waals surface area contributed by atoms with Gasteiger partial charge in [-0.25, -0.2) is 12.7 Å². The van der Waals surface area contributed by atoms with Gasteiger partial charge in [0.1, 0.15) is 0 Å². The SMILES string of the molecule is O=C1N(Cc2cccnc2)CC[C@@]12CCCN(S(=O)(=O)C1CC1)C2.